The van der Waals surface area contributed by atoms with Crippen molar-refractivity contribution in [3.63, 3.8) is 0 Å². The third-order valence-electron chi connectivity index (χ3n) is 2.87. The van der Waals surface area contributed by atoms with Crippen molar-refractivity contribution in [2.75, 3.05) is 17.2 Å². The van der Waals surface area contributed by atoms with E-state index in [0.29, 0.717) is 12.5 Å². The monoisotopic (exact) mass is 275 g/mol. The summed E-state index contributed by atoms with van der Waals surface area (Å²) in [6, 6.07) is 1.92. The van der Waals surface area contributed by atoms with Crippen LogP contribution in [0.3, 0.4) is 0 Å². The maximum absolute atomic E-state index is 13.7. The third-order valence-corrected chi connectivity index (χ3v) is 2.87. The zero-order chi connectivity index (χ0) is 14.4. The fourth-order valence-corrected chi connectivity index (χ4v) is 1.67. The van der Waals surface area contributed by atoms with Gasteiger partial charge in [0.25, 0.3) is 0 Å². The highest BCUT2D eigenvalue weighted by molar-refractivity contribution is 5.42. The summed E-state index contributed by atoms with van der Waals surface area (Å²) in [7, 11) is 0. The zero-order valence-corrected chi connectivity index (χ0v) is 11.7. The summed E-state index contributed by atoms with van der Waals surface area (Å²) < 4.78 is 13.7. The second-order valence-corrected chi connectivity index (χ2v) is 4.47. The van der Waals surface area contributed by atoms with E-state index in [1.807, 2.05) is 19.9 Å². The number of aryl methyl sites for hydroxylation is 1. The van der Waals surface area contributed by atoms with Gasteiger partial charge in [-0.15, -0.1) is 0 Å². The van der Waals surface area contributed by atoms with Gasteiger partial charge in [0.1, 0.15) is 0 Å². The van der Waals surface area contributed by atoms with Crippen LogP contribution in [0.25, 0.3) is 0 Å². The Hall–Kier alpha value is -2.24. The van der Waals surface area contributed by atoms with E-state index in [-0.39, 0.29) is 5.82 Å². The smallest absolute Gasteiger partial charge is 0.224 e. The number of hydrogen-bond donors (Lipinski definition) is 2. The maximum atomic E-state index is 13.7. The normalized spacial score (nSPS) is 10.3. The Morgan fingerprint density at radius 2 is 2.10 bits per heavy atom. The highest BCUT2D eigenvalue weighted by Crippen LogP contribution is 2.14. The Kier molecular flexibility index (Phi) is 4.81. The quantitative estimate of drug-likeness (QED) is 0.848. The molecule has 2 aromatic rings. The molecule has 0 unspecified atom stereocenters. The molecule has 2 N–H and O–H groups in total. The van der Waals surface area contributed by atoms with E-state index >= 15 is 0 Å². The molecule has 0 radical (unpaired) electrons. The van der Waals surface area contributed by atoms with Crippen molar-refractivity contribution in [3.8, 4) is 0 Å². The molecule has 2 aromatic heterocycles. The van der Waals surface area contributed by atoms with Crippen molar-refractivity contribution < 1.29 is 4.39 Å². The fourth-order valence-electron chi connectivity index (χ4n) is 1.67. The Bertz CT molecular complexity index is 573. The van der Waals surface area contributed by atoms with Crippen LogP contribution in [0.5, 0.6) is 0 Å². The number of hydrogen-bond acceptors (Lipinski definition) is 5. The van der Waals surface area contributed by atoms with E-state index in [4.69, 9.17) is 0 Å². The first-order valence-electron chi connectivity index (χ1n) is 6.60. The summed E-state index contributed by atoms with van der Waals surface area (Å²) in [5.74, 6) is 0.161. The van der Waals surface area contributed by atoms with Crippen molar-refractivity contribution in [2.24, 2.45) is 0 Å². The molecule has 2 heterocycles. The number of pyridine rings is 1. The molecule has 0 aliphatic rings. The van der Waals surface area contributed by atoms with Crippen molar-refractivity contribution in [1.29, 1.82) is 0 Å². The molecule has 0 spiro atoms. The molecule has 6 heteroatoms. The fraction of sp³-hybridized carbons (Fsp3) is 0.357. The lowest BCUT2D eigenvalue weighted by Gasteiger charge is -2.10. The molecule has 0 aliphatic carbocycles. The second kappa shape index (κ2) is 6.79. The molecule has 2 rings (SSSR count). The summed E-state index contributed by atoms with van der Waals surface area (Å²) >= 11 is 0. The van der Waals surface area contributed by atoms with Gasteiger partial charge in [-0.1, -0.05) is 6.92 Å². The van der Waals surface area contributed by atoms with E-state index in [0.717, 1.165) is 24.1 Å². The van der Waals surface area contributed by atoms with Crippen LogP contribution in [0.1, 0.15) is 24.5 Å². The van der Waals surface area contributed by atoms with Gasteiger partial charge in [-0.25, -0.2) is 9.37 Å². The average molecular weight is 275 g/mol. The molecule has 0 fully saturated rings. The van der Waals surface area contributed by atoms with Gasteiger partial charge in [-0.2, -0.15) is 4.98 Å². The molecule has 0 amide bonds. The van der Waals surface area contributed by atoms with Gasteiger partial charge in [-0.05, 0) is 30.5 Å². The van der Waals surface area contributed by atoms with Gasteiger partial charge in [0.2, 0.25) is 5.95 Å². The molecule has 0 atom stereocenters. The summed E-state index contributed by atoms with van der Waals surface area (Å²) in [4.78, 5) is 12.1. The van der Waals surface area contributed by atoms with Crippen LogP contribution in [0.4, 0.5) is 16.2 Å². The van der Waals surface area contributed by atoms with Gasteiger partial charge in [-0.3, -0.25) is 4.98 Å². The lowest BCUT2D eigenvalue weighted by Crippen LogP contribution is -2.09. The van der Waals surface area contributed by atoms with Crippen molar-refractivity contribution in [2.45, 2.75) is 26.8 Å². The topological polar surface area (TPSA) is 62.7 Å². The van der Waals surface area contributed by atoms with Crippen LogP contribution in [0.2, 0.25) is 0 Å². The lowest BCUT2D eigenvalue weighted by molar-refractivity contribution is 0.617. The zero-order valence-electron chi connectivity index (χ0n) is 11.7. The van der Waals surface area contributed by atoms with E-state index in [1.165, 1.54) is 6.20 Å². The Morgan fingerprint density at radius 1 is 1.25 bits per heavy atom. The van der Waals surface area contributed by atoms with E-state index < -0.39 is 5.82 Å². The van der Waals surface area contributed by atoms with Crippen LogP contribution in [0, 0.1) is 12.7 Å². The lowest BCUT2D eigenvalue weighted by atomic mass is 10.1. The first kappa shape index (κ1) is 14.2. The number of halogens is 1. The SMILES string of the molecule is CCCNc1ncc(F)c(NCc2cnccc2C)n1. The Labute approximate surface area is 117 Å². The molecular formula is C14H18FN5. The molecule has 0 aliphatic heterocycles. The van der Waals surface area contributed by atoms with Gasteiger partial charge in [0.15, 0.2) is 11.6 Å². The van der Waals surface area contributed by atoms with Crippen LogP contribution >= 0.6 is 0 Å². The standard InChI is InChI=1S/C14H18FN5/c1-3-5-17-14-19-9-12(15)13(20-14)18-8-11-7-16-6-4-10(11)2/h4,6-7,9H,3,5,8H2,1-2H3,(H2,17,18,19,20). The minimum absolute atomic E-state index is 0.196. The average Bonchev–Trinajstić information content (AvgIpc) is 2.46. The van der Waals surface area contributed by atoms with Crippen molar-refractivity contribution in [1.82, 2.24) is 15.0 Å². The Morgan fingerprint density at radius 3 is 2.85 bits per heavy atom. The van der Waals surface area contributed by atoms with E-state index in [9.17, 15) is 4.39 Å². The first-order valence-corrected chi connectivity index (χ1v) is 6.60. The second-order valence-electron chi connectivity index (χ2n) is 4.47. The minimum Gasteiger partial charge on any atom is -0.363 e. The van der Waals surface area contributed by atoms with Crippen LogP contribution in [0.15, 0.2) is 24.7 Å². The van der Waals surface area contributed by atoms with Crippen LogP contribution in [-0.2, 0) is 6.54 Å². The third kappa shape index (κ3) is 3.63. The summed E-state index contributed by atoms with van der Waals surface area (Å²) in [5, 5.41) is 6.01. The molecule has 0 bridgehead atoms. The molecule has 5 nitrogen and oxygen atoms in total. The van der Waals surface area contributed by atoms with Gasteiger partial charge in [0.05, 0.1) is 6.20 Å². The molecule has 0 aromatic carbocycles. The van der Waals surface area contributed by atoms with E-state index in [2.05, 4.69) is 25.6 Å². The largest absolute Gasteiger partial charge is 0.363 e. The maximum Gasteiger partial charge on any atom is 0.224 e. The molecule has 106 valence electrons. The van der Waals surface area contributed by atoms with E-state index in [1.54, 1.807) is 12.4 Å². The molecule has 20 heavy (non-hydrogen) atoms. The summed E-state index contributed by atoms with van der Waals surface area (Å²) in [6.45, 7) is 5.26. The van der Waals surface area contributed by atoms with Crippen molar-refractivity contribution in [3.05, 3.63) is 41.6 Å². The number of nitrogens with one attached hydrogen (secondary N) is 2. The number of aromatic nitrogens is 3. The van der Waals surface area contributed by atoms with Crippen LogP contribution in [-0.4, -0.2) is 21.5 Å². The number of nitrogens with zero attached hydrogens (tertiary/aromatic N) is 3. The minimum atomic E-state index is -0.464. The molecule has 0 saturated carbocycles. The Balaban J connectivity index is 2.07. The van der Waals surface area contributed by atoms with Gasteiger partial charge >= 0.3 is 0 Å². The van der Waals surface area contributed by atoms with Crippen LogP contribution < -0.4 is 10.6 Å². The summed E-state index contributed by atoms with van der Waals surface area (Å²) in [6.07, 6.45) is 5.62. The van der Waals surface area contributed by atoms with Gasteiger partial charge < -0.3 is 10.6 Å². The first-order chi connectivity index (χ1) is 9.70. The predicted octanol–water partition coefficient (Wildman–Crippen LogP) is 2.75. The predicted molar refractivity (Wildman–Crippen MR) is 77.1 cm³/mol. The van der Waals surface area contributed by atoms with Crippen molar-refractivity contribution >= 4 is 11.8 Å². The highest BCUT2D eigenvalue weighted by Gasteiger charge is 2.07. The molecular weight excluding hydrogens is 257 g/mol. The number of rotatable bonds is 6. The summed E-state index contributed by atoms with van der Waals surface area (Å²) in [5.41, 5.74) is 2.11. The highest BCUT2D eigenvalue weighted by atomic mass is 19.1. The van der Waals surface area contributed by atoms with Gasteiger partial charge in [0, 0.05) is 25.5 Å². The molecule has 0 saturated heterocycles. The number of anilines is 2.